The summed E-state index contributed by atoms with van der Waals surface area (Å²) >= 11 is 7.03. The number of allylic oxidation sites excluding steroid dienone is 4. The third kappa shape index (κ3) is 8.81. The summed E-state index contributed by atoms with van der Waals surface area (Å²) < 4.78 is 1.64. The van der Waals surface area contributed by atoms with Gasteiger partial charge in [0, 0.05) is 27.0 Å². The molecule has 0 radical (unpaired) electrons. The predicted octanol–water partition coefficient (Wildman–Crippen LogP) is 7.49. The molecule has 2 rings (SSSR count). The first kappa shape index (κ1) is 25.6. The highest BCUT2D eigenvalue weighted by atomic mass is 79.9. The molecule has 0 unspecified atom stereocenters. The molecule has 0 aliphatic carbocycles. The van der Waals surface area contributed by atoms with Crippen LogP contribution in [-0.4, -0.2) is 11.8 Å². The van der Waals surface area contributed by atoms with Crippen LogP contribution in [0.15, 0.2) is 105 Å². The van der Waals surface area contributed by atoms with Crippen LogP contribution < -0.4 is 10.6 Å². The van der Waals surface area contributed by atoms with Gasteiger partial charge in [0.25, 0.3) is 11.8 Å². The van der Waals surface area contributed by atoms with Crippen molar-refractivity contribution in [1.82, 2.24) is 0 Å². The lowest BCUT2D eigenvalue weighted by atomic mass is 10.1. The normalized spacial score (nSPS) is 11.5. The van der Waals surface area contributed by atoms with Gasteiger partial charge in [-0.15, -0.1) is 0 Å². The van der Waals surface area contributed by atoms with E-state index >= 15 is 0 Å². The van der Waals surface area contributed by atoms with Crippen LogP contribution in [0.1, 0.15) is 26.7 Å². The van der Waals surface area contributed by atoms with Crippen LogP contribution >= 0.6 is 31.9 Å². The SMILES string of the molecule is C=C(/C=C(/Br)CC/C(=C\C(Br)=C(C)C)C(=O)Nc1ccccc1)C(=O)Nc1ccccc1. The van der Waals surface area contributed by atoms with E-state index in [0.717, 1.165) is 20.2 Å². The molecule has 166 valence electrons. The van der Waals surface area contributed by atoms with Crippen molar-refractivity contribution < 1.29 is 9.59 Å². The molecule has 0 bridgehead atoms. The molecular formula is C26H26Br2N2O2. The molecule has 2 aromatic carbocycles. The Hall–Kier alpha value is -2.70. The smallest absolute Gasteiger partial charge is 0.255 e. The van der Waals surface area contributed by atoms with Gasteiger partial charge in [0.15, 0.2) is 0 Å². The molecule has 0 saturated carbocycles. The zero-order valence-electron chi connectivity index (χ0n) is 18.1. The molecular weight excluding hydrogens is 532 g/mol. The summed E-state index contributed by atoms with van der Waals surface area (Å²) in [5, 5.41) is 5.73. The Morgan fingerprint density at radius 2 is 1.31 bits per heavy atom. The number of amides is 2. The highest BCUT2D eigenvalue weighted by Crippen LogP contribution is 2.24. The molecule has 0 aromatic heterocycles. The largest absolute Gasteiger partial charge is 0.322 e. The Morgan fingerprint density at radius 3 is 1.81 bits per heavy atom. The summed E-state index contributed by atoms with van der Waals surface area (Å²) in [6.45, 7) is 7.79. The third-order valence-electron chi connectivity index (χ3n) is 4.39. The van der Waals surface area contributed by atoms with Gasteiger partial charge in [0.1, 0.15) is 0 Å². The van der Waals surface area contributed by atoms with Crippen LogP contribution in [-0.2, 0) is 9.59 Å². The number of nitrogens with one attached hydrogen (secondary N) is 2. The van der Waals surface area contributed by atoms with E-state index in [1.807, 2.05) is 80.6 Å². The monoisotopic (exact) mass is 556 g/mol. The van der Waals surface area contributed by atoms with Gasteiger partial charge in [-0.3, -0.25) is 9.59 Å². The van der Waals surface area contributed by atoms with Crippen molar-refractivity contribution >= 4 is 55.0 Å². The van der Waals surface area contributed by atoms with Crippen molar-refractivity contribution in [3.8, 4) is 0 Å². The zero-order valence-corrected chi connectivity index (χ0v) is 21.3. The van der Waals surface area contributed by atoms with Gasteiger partial charge in [-0.1, -0.05) is 80.4 Å². The maximum Gasteiger partial charge on any atom is 0.255 e. The minimum Gasteiger partial charge on any atom is -0.322 e. The minimum atomic E-state index is -0.280. The number of carbonyl (C=O) groups excluding carboxylic acids is 2. The van der Waals surface area contributed by atoms with E-state index in [4.69, 9.17) is 0 Å². The van der Waals surface area contributed by atoms with Crippen molar-refractivity contribution in [2.75, 3.05) is 10.6 Å². The van der Waals surface area contributed by atoms with Gasteiger partial charge in [0.05, 0.1) is 0 Å². The second-order valence-electron chi connectivity index (χ2n) is 7.27. The molecule has 0 fully saturated rings. The van der Waals surface area contributed by atoms with Crippen LogP contribution in [0.5, 0.6) is 0 Å². The molecule has 4 nitrogen and oxygen atoms in total. The van der Waals surface area contributed by atoms with Crippen molar-refractivity contribution in [2.45, 2.75) is 26.7 Å². The topological polar surface area (TPSA) is 58.2 Å². The van der Waals surface area contributed by atoms with Crippen molar-refractivity contribution in [3.05, 3.63) is 105 Å². The van der Waals surface area contributed by atoms with Crippen LogP contribution in [0, 0.1) is 0 Å². The molecule has 0 atom stereocenters. The summed E-state index contributed by atoms with van der Waals surface area (Å²) in [5.41, 5.74) is 3.45. The van der Waals surface area contributed by atoms with Crippen LogP contribution in [0.2, 0.25) is 0 Å². The number of anilines is 2. The molecule has 0 heterocycles. The van der Waals surface area contributed by atoms with Gasteiger partial charge in [0.2, 0.25) is 0 Å². The molecule has 32 heavy (non-hydrogen) atoms. The summed E-state index contributed by atoms with van der Waals surface area (Å²) in [6.07, 6.45) is 4.53. The predicted molar refractivity (Wildman–Crippen MR) is 141 cm³/mol. The average molecular weight is 558 g/mol. The summed E-state index contributed by atoms with van der Waals surface area (Å²) in [6, 6.07) is 18.5. The standard InChI is InChI=1S/C26H26Br2N2O2/c1-18(2)24(28)17-20(26(32)30-23-12-8-5-9-13-23)14-15-21(27)16-19(3)25(31)29-22-10-6-4-7-11-22/h4-13,16-17H,3,14-15H2,1-2H3,(H,29,31)(H,30,32)/b20-17+,21-16+. The fourth-order valence-electron chi connectivity index (χ4n) is 2.60. The van der Waals surface area contributed by atoms with Gasteiger partial charge in [-0.2, -0.15) is 0 Å². The lowest BCUT2D eigenvalue weighted by Gasteiger charge is -2.10. The first-order chi connectivity index (χ1) is 15.3. The Kier molecular flexibility index (Phi) is 10.4. The number of benzene rings is 2. The fraction of sp³-hybridized carbons (Fsp3) is 0.154. The Morgan fingerprint density at radius 1 is 0.812 bits per heavy atom. The number of rotatable bonds is 9. The molecule has 2 N–H and O–H groups in total. The zero-order chi connectivity index (χ0) is 23.5. The minimum absolute atomic E-state index is 0.171. The van der Waals surface area contributed by atoms with Crippen molar-refractivity contribution in [3.63, 3.8) is 0 Å². The lowest BCUT2D eigenvalue weighted by molar-refractivity contribution is -0.113. The Labute approximate surface area is 206 Å². The van der Waals surface area contributed by atoms with E-state index in [0.29, 0.717) is 29.7 Å². The van der Waals surface area contributed by atoms with Crippen molar-refractivity contribution in [2.24, 2.45) is 0 Å². The van der Waals surface area contributed by atoms with Crippen molar-refractivity contribution in [1.29, 1.82) is 0 Å². The Balaban J connectivity index is 2.07. The number of para-hydroxylation sites is 2. The number of carbonyl (C=O) groups is 2. The maximum atomic E-state index is 12.9. The van der Waals surface area contributed by atoms with E-state index in [-0.39, 0.29) is 11.8 Å². The molecule has 0 spiro atoms. The second-order valence-corrected chi connectivity index (χ2v) is 9.15. The second kappa shape index (κ2) is 13.0. The molecule has 2 aromatic rings. The average Bonchev–Trinajstić information content (AvgIpc) is 2.77. The van der Waals surface area contributed by atoms with E-state index in [1.54, 1.807) is 6.08 Å². The summed E-state index contributed by atoms with van der Waals surface area (Å²) in [4.78, 5) is 25.2. The lowest BCUT2D eigenvalue weighted by Crippen LogP contribution is -2.15. The highest BCUT2D eigenvalue weighted by molar-refractivity contribution is 9.12. The van der Waals surface area contributed by atoms with Gasteiger partial charge < -0.3 is 10.6 Å². The first-order valence-electron chi connectivity index (χ1n) is 10.1. The maximum absolute atomic E-state index is 12.9. The molecule has 0 aliphatic rings. The van der Waals surface area contributed by atoms with E-state index in [1.165, 1.54) is 0 Å². The van der Waals surface area contributed by atoms with Gasteiger partial charge >= 0.3 is 0 Å². The molecule has 6 heteroatoms. The van der Waals surface area contributed by atoms with Crippen LogP contribution in [0.25, 0.3) is 0 Å². The summed E-state index contributed by atoms with van der Waals surface area (Å²) in [7, 11) is 0. The van der Waals surface area contributed by atoms with Crippen LogP contribution in [0.3, 0.4) is 0 Å². The molecule has 0 saturated heterocycles. The van der Waals surface area contributed by atoms with E-state index in [9.17, 15) is 9.59 Å². The summed E-state index contributed by atoms with van der Waals surface area (Å²) in [5.74, 6) is -0.451. The van der Waals surface area contributed by atoms with Gasteiger partial charge in [-0.05, 0) is 67.6 Å². The van der Waals surface area contributed by atoms with Gasteiger partial charge in [-0.25, -0.2) is 0 Å². The number of hydrogen-bond donors (Lipinski definition) is 2. The highest BCUT2D eigenvalue weighted by Gasteiger charge is 2.12. The molecule has 2 amide bonds. The van der Waals surface area contributed by atoms with E-state index in [2.05, 4.69) is 49.1 Å². The molecule has 0 aliphatic heterocycles. The van der Waals surface area contributed by atoms with E-state index < -0.39 is 0 Å². The third-order valence-corrected chi connectivity index (χ3v) is 6.04. The Bertz CT molecular complexity index is 1050. The van der Waals surface area contributed by atoms with Crippen LogP contribution in [0.4, 0.5) is 11.4 Å². The first-order valence-corrected chi connectivity index (χ1v) is 11.7. The number of hydrogen-bond acceptors (Lipinski definition) is 2. The fourth-order valence-corrected chi connectivity index (χ4v) is 3.35. The number of halogens is 2. The quantitative estimate of drug-likeness (QED) is 0.248.